The van der Waals surface area contributed by atoms with Gasteiger partial charge in [0.2, 0.25) is 0 Å². The van der Waals surface area contributed by atoms with E-state index in [1.807, 2.05) is 11.7 Å². The van der Waals surface area contributed by atoms with Crippen molar-refractivity contribution in [1.29, 1.82) is 0 Å². The third-order valence-corrected chi connectivity index (χ3v) is 5.54. The van der Waals surface area contributed by atoms with Gasteiger partial charge in [-0.3, -0.25) is 4.68 Å². The van der Waals surface area contributed by atoms with Crippen molar-refractivity contribution < 1.29 is 0 Å². The van der Waals surface area contributed by atoms with Crippen molar-refractivity contribution in [2.75, 3.05) is 5.33 Å². The van der Waals surface area contributed by atoms with Crippen LogP contribution in [0.15, 0.2) is 4.47 Å². The van der Waals surface area contributed by atoms with Crippen LogP contribution in [0.2, 0.25) is 0 Å². The first-order valence-electron chi connectivity index (χ1n) is 5.73. The molecule has 1 heterocycles. The van der Waals surface area contributed by atoms with Gasteiger partial charge in [0.25, 0.3) is 0 Å². The number of alkyl halides is 1. The van der Waals surface area contributed by atoms with E-state index in [-0.39, 0.29) is 0 Å². The highest BCUT2D eigenvalue weighted by molar-refractivity contribution is 9.10. The molecular formula is C12H20Br2N2. The summed E-state index contributed by atoms with van der Waals surface area (Å²) in [6.07, 6.45) is 3.20. The zero-order chi connectivity index (χ0) is 12.3. The summed E-state index contributed by atoms with van der Waals surface area (Å²) < 4.78 is 3.21. The van der Waals surface area contributed by atoms with Gasteiger partial charge in [-0.25, -0.2) is 0 Å². The second-order valence-corrected chi connectivity index (χ2v) is 6.01. The Morgan fingerprint density at radius 3 is 2.38 bits per heavy atom. The first kappa shape index (κ1) is 14.2. The molecule has 0 radical (unpaired) electrons. The van der Waals surface area contributed by atoms with E-state index in [1.54, 1.807) is 0 Å². The minimum Gasteiger partial charge on any atom is -0.271 e. The molecule has 0 spiro atoms. The van der Waals surface area contributed by atoms with Crippen molar-refractivity contribution in [3.05, 3.63) is 15.9 Å². The minimum atomic E-state index is 0.307. The van der Waals surface area contributed by atoms with Gasteiger partial charge >= 0.3 is 0 Å². The Morgan fingerprint density at radius 1 is 1.38 bits per heavy atom. The highest BCUT2D eigenvalue weighted by Crippen LogP contribution is 2.32. The molecule has 0 saturated heterocycles. The molecule has 0 bridgehead atoms. The standard InChI is InChI=1S/C12H20Br2N2/c1-5-9-11(14)10(16(4)15-9)7-12(3,6-2)8-13/h5-8H2,1-4H3. The lowest BCUT2D eigenvalue weighted by Crippen LogP contribution is -2.22. The van der Waals surface area contributed by atoms with Crippen LogP contribution in [0.25, 0.3) is 0 Å². The molecule has 0 aliphatic heterocycles. The highest BCUT2D eigenvalue weighted by Gasteiger charge is 2.25. The van der Waals surface area contributed by atoms with Gasteiger partial charge in [-0.1, -0.05) is 36.7 Å². The van der Waals surface area contributed by atoms with Crippen LogP contribution in [0.1, 0.15) is 38.6 Å². The molecule has 1 atom stereocenters. The number of nitrogens with zero attached hydrogens (tertiary/aromatic N) is 2. The summed E-state index contributed by atoms with van der Waals surface area (Å²) in [5.74, 6) is 0. The van der Waals surface area contributed by atoms with Gasteiger partial charge in [0.15, 0.2) is 0 Å². The molecular weight excluding hydrogens is 332 g/mol. The molecule has 0 N–H and O–H groups in total. The number of hydrogen-bond donors (Lipinski definition) is 0. The monoisotopic (exact) mass is 350 g/mol. The van der Waals surface area contributed by atoms with E-state index in [1.165, 1.54) is 10.2 Å². The summed E-state index contributed by atoms with van der Waals surface area (Å²) in [6.45, 7) is 6.69. The van der Waals surface area contributed by atoms with Crippen molar-refractivity contribution in [1.82, 2.24) is 9.78 Å². The van der Waals surface area contributed by atoms with Crippen molar-refractivity contribution in [2.24, 2.45) is 12.5 Å². The fourth-order valence-electron chi connectivity index (χ4n) is 1.68. The molecule has 0 amide bonds. The van der Waals surface area contributed by atoms with Crippen molar-refractivity contribution in [2.45, 2.75) is 40.0 Å². The Labute approximate surface area is 115 Å². The lowest BCUT2D eigenvalue weighted by molar-refractivity contribution is 0.351. The molecule has 0 fully saturated rings. The smallest absolute Gasteiger partial charge is 0.0766 e. The average Bonchev–Trinajstić information content (AvgIpc) is 2.56. The van der Waals surface area contributed by atoms with E-state index in [4.69, 9.17) is 0 Å². The van der Waals surface area contributed by atoms with E-state index >= 15 is 0 Å². The predicted octanol–water partition coefficient (Wildman–Crippen LogP) is 4.10. The number of rotatable bonds is 5. The van der Waals surface area contributed by atoms with Gasteiger partial charge in [-0.15, -0.1) is 0 Å². The molecule has 1 aromatic rings. The lowest BCUT2D eigenvalue weighted by atomic mass is 9.85. The zero-order valence-electron chi connectivity index (χ0n) is 10.5. The van der Waals surface area contributed by atoms with Crippen molar-refractivity contribution in [3.63, 3.8) is 0 Å². The molecule has 0 aliphatic carbocycles. The van der Waals surface area contributed by atoms with Crippen LogP contribution in [0.4, 0.5) is 0 Å². The van der Waals surface area contributed by atoms with E-state index in [9.17, 15) is 0 Å². The van der Waals surface area contributed by atoms with Crippen LogP contribution in [0.3, 0.4) is 0 Å². The minimum absolute atomic E-state index is 0.307. The summed E-state index contributed by atoms with van der Waals surface area (Å²) in [6, 6.07) is 0. The number of aromatic nitrogens is 2. The first-order valence-corrected chi connectivity index (χ1v) is 7.65. The highest BCUT2D eigenvalue weighted by atomic mass is 79.9. The fourth-order valence-corrected chi connectivity index (χ4v) is 3.03. The van der Waals surface area contributed by atoms with Gasteiger partial charge in [0.1, 0.15) is 0 Å². The maximum absolute atomic E-state index is 4.54. The molecule has 1 unspecified atom stereocenters. The zero-order valence-corrected chi connectivity index (χ0v) is 13.7. The van der Waals surface area contributed by atoms with Crippen LogP contribution in [0.5, 0.6) is 0 Å². The van der Waals surface area contributed by atoms with Gasteiger partial charge in [-0.05, 0) is 40.6 Å². The molecule has 1 rings (SSSR count). The van der Waals surface area contributed by atoms with Gasteiger partial charge in [0, 0.05) is 12.4 Å². The fraction of sp³-hybridized carbons (Fsp3) is 0.750. The molecule has 2 nitrogen and oxygen atoms in total. The van der Waals surface area contributed by atoms with Gasteiger partial charge < -0.3 is 0 Å². The molecule has 16 heavy (non-hydrogen) atoms. The number of hydrogen-bond acceptors (Lipinski definition) is 1. The third kappa shape index (κ3) is 2.89. The summed E-state index contributed by atoms with van der Waals surface area (Å²) in [5.41, 5.74) is 2.77. The van der Waals surface area contributed by atoms with E-state index in [0.29, 0.717) is 5.41 Å². The molecule has 0 aromatic carbocycles. The molecule has 4 heteroatoms. The molecule has 92 valence electrons. The Morgan fingerprint density at radius 2 is 2.00 bits per heavy atom. The van der Waals surface area contributed by atoms with Gasteiger partial charge in [0.05, 0.1) is 15.9 Å². The summed E-state index contributed by atoms with van der Waals surface area (Å²) in [5, 5.41) is 5.56. The first-order chi connectivity index (χ1) is 7.47. The molecule has 0 saturated carbocycles. The van der Waals surface area contributed by atoms with Gasteiger partial charge in [-0.2, -0.15) is 5.10 Å². The number of aryl methyl sites for hydroxylation is 2. The Kier molecular flexibility index (Phi) is 5.05. The van der Waals surface area contributed by atoms with Crippen molar-refractivity contribution >= 4 is 31.9 Å². The Bertz CT molecular complexity index is 354. The number of halogens is 2. The van der Waals surface area contributed by atoms with Crippen LogP contribution >= 0.6 is 31.9 Å². The normalized spacial score (nSPS) is 15.1. The summed E-state index contributed by atoms with van der Waals surface area (Å²) in [7, 11) is 2.03. The van der Waals surface area contributed by atoms with E-state index < -0.39 is 0 Å². The lowest BCUT2D eigenvalue weighted by Gasteiger charge is -2.25. The largest absolute Gasteiger partial charge is 0.271 e. The summed E-state index contributed by atoms with van der Waals surface area (Å²) in [4.78, 5) is 0. The third-order valence-electron chi connectivity index (χ3n) is 3.27. The average molecular weight is 352 g/mol. The quantitative estimate of drug-likeness (QED) is 0.730. The maximum atomic E-state index is 4.54. The molecule has 0 aliphatic rings. The topological polar surface area (TPSA) is 17.8 Å². The molecule has 1 aromatic heterocycles. The van der Waals surface area contributed by atoms with E-state index in [0.717, 1.165) is 30.3 Å². The SMILES string of the molecule is CCc1nn(C)c(CC(C)(CC)CBr)c1Br. The Balaban J connectivity index is 3.01. The van der Waals surface area contributed by atoms with Crippen LogP contribution in [-0.4, -0.2) is 15.1 Å². The Hall–Kier alpha value is 0.170. The second-order valence-electron chi connectivity index (χ2n) is 4.66. The van der Waals surface area contributed by atoms with Crippen molar-refractivity contribution in [3.8, 4) is 0 Å². The van der Waals surface area contributed by atoms with Crippen LogP contribution in [0, 0.1) is 5.41 Å². The van der Waals surface area contributed by atoms with Crippen LogP contribution in [-0.2, 0) is 19.9 Å². The second kappa shape index (κ2) is 5.67. The maximum Gasteiger partial charge on any atom is 0.0766 e. The van der Waals surface area contributed by atoms with E-state index in [2.05, 4.69) is 57.7 Å². The van der Waals surface area contributed by atoms with Crippen LogP contribution < -0.4 is 0 Å². The summed E-state index contributed by atoms with van der Waals surface area (Å²) >= 11 is 7.29. The predicted molar refractivity (Wildman–Crippen MR) is 76.2 cm³/mol.